The molecule has 24 heavy (non-hydrogen) atoms. The first-order chi connectivity index (χ1) is 11.6. The number of hydrogen-bond acceptors (Lipinski definition) is 7. The van der Waals surface area contributed by atoms with E-state index in [0.29, 0.717) is 62.8 Å². The van der Waals surface area contributed by atoms with Crippen LogP contribution >= 0.6 is 0 Å². The van der Waals surface area contributed by atoms with Gasteiger partial charge < -0.3 is 14.4 Å². The van der Waals surface area contributed by atoms with Crippen LogP contribution in [-0.2, 0) is 20.7 Å². The van der Waals surface area contributed by atoms with Gasteiger partial charge in [-0.1, -0.05) is 6.92 Å². The van der Waals surface area contributed by atoms with Crippen molar-refractivity contribution in [2.45, 2.75) is 47.0 Å². The Morgan fingerprint density at radius 2 is 1.83 bits per heavy atom. The van der Waals surface area contributed by atoms with Crippen LogP contribution in [0.4, 0.5) is 5.82 Å². The number of aromatic nitrogens is 2. The minimum atomic E-state index is -0.431. The Morgan fingerprint density at radius 3 is 2.42 bits per heavy atom. The molecule has 0 unspecified atom stereocenters. The van der Waals surface area contributed by atoms with E-state index in [1.807, 2.05) is 18.7 Å². The summed E-state index contributed by atoms with van der Waals surface area (Å²) in [7, 11) is 0. The van der Waals surface area contributed by atoms with Gasteiger partial charge >= 0.3 is 11.9 Å². The van der Waals surface area contributed by atoms with Crippen molar-refractivity contribution < 1.29 is 19.1 Å². The molecular weight excluding hydrogens is 310 g/mol. The molecule has 7 nitrogen and oxygen atoms in total. The van der Waals surface area contributed by atoms with Crippen molar-refractivity contribution in [2.75, 3.05) is 31.2 Å². The van der Waals surface area contributed by atoms with Crippen LogP contribution in [0.2, 0.25) is 0 Å². The molecule has 0 aliphatic carbocycles. The van der Waals surface area contributed by atoms with Crippen molar-refractivity contribution in [2.24, 2.45) is 0 Å². The van der Waals surface area contributed by atoms with Gasteiger partial charge in [0.25, 0.3) is 0 Å². The van der Waals surface area contributed by atoms with Crippen LogP contribution in [0, 0.1) is 0 Å². The maximum Gasteiger partial charge on any atom is 0.343 e. The topological polar surface area (TPSA) is 81.6 Å². The van der Waals surface area contributed by atoms with Gasteiger partial charge in [0.1, 0.15) is 17.2 Å². The van der Waals surface area contributed by atoms with Crippen molar-refractivity contribution in [3.8, 4) is 0 Å². The third-order valence-corrected chi connectivity index (χ3v) is 3.43. The second kappa shape index (κ2) is 10.6. The number of nitrogens with zero attached hydrogens (tertiary/aromatic N) is 3. The lowest BCUT2D eigenvalue weighted by Crippen LogP contribution is -2.28. The maximum absolute atomic E-state index is 12.1. The minimum Gasteiger partial charge on any atom is -0.466 e. The van der Waals surface area contributed by atoms with Crippen molar-refractivity contribution >= 4 is 17.8 Å². The fourth-order valence-corrected chi connectivity index (χ4v) is 2.23. The van der Waals surface area contributed by atoms with Gasteiger partial charge in [0.15, 0.2) is 0 Å². The molecule has 0 aliphatic rings. The lowest BCUT2D eigenvalue weighted by Gasteiger charge is -2.24. The number of hydrogen-bond donors (Lipinski definition) is 0. The van der Waals surface area contributed by atoms with E-state index in [4.69, 9.17) is 9.47 Å². The molecule has 0 radical (unpaired) electrons. The summed E-state index contributed by atoms with van der Waals surface area (Å²) >= 11 is 0. The number of rotatable bonds is 10. The van der Waals surface area contributed by atoms with E-state index in [2.05, 4.69) is 9.97 Å². The predicted octanol–water partition coefficient (Wildman–Crippen LogP) is 2.39. The second-order valence-electron chi connectivity index (χ2n) is 5.09. The van der Waals surface area contributed by atoms with Crippen LogP contribution in [0.5, 0.6) is 0 Å². The Hall–Kier alpha value is -2.18. The molecule has 0 aliphatic heterocycles. The average molecular weight is 337 g/mol. The SMILES string of the molecule is CCOC(=O)CCCN(CC)c1nc(CC)ncc1C(=O)OCC. The van der Waals surface area contributed by atoms with Gasteiger partial charge in [-0.25, -0.2) is 14.8 Å². The number of carbonyl (C=O) groups excluding carboxylic acids is 2. The Balaban J connectivity index is 2.92. The van der Waals surface area contributed by atoms with Gasteiger partial charge in [0, 0.05) is 32.1 Å². The number of ether oxygens (including phenoxy) is 2. The normalized spacial score (nSPS) is 10.3. The first kappa shape index (κ1) is 19.9. The van der Waals surface area contributed by atoms with E-state index < -0.39 is 5.97 Å². The molecule has 0 aromatic carbocycles. The number of esters is 2. The van der Waals surface area contributed by atoms with Crippen molar-refractivity contribution in [1.82, 2.24) is 9.97 Å². The molecule has 1 aromatic rings. The molecule has 0 atom stereocenters. The lowest BCUT2D eigenvalue weighted by molar-refractivity contribution is -0.143. The van der Waals surface area contributed by atoms with E-state index in [-0.39, 0.29) is 5.97 Å². The first-order valence-corrected chi connectivity index (χ1v) is 8.50. The number of anilines is 1. The van der Waals surface area contributed by atoms with Gasteiger partial charge in [0.2, 0.25) is 0 Å². The van der Waals surface area contributed by atoms with Crippen molar-refractivity contribution in [3.63, 3.8) is 0 Å². The predicted molar refractivity (Wildman–Crippen MR) is 91.1 cm³/mol. The molecule has 0 amide bonds. The van der Waals surface area contributed by atoms with Crippen LogP contribution in [0.1, 0.15) is 56.7 Å². The molecule has 0 N–H and O–H groups in total. The molecule has 7 heteroatoms. The fourth-order valence-electron chi connectivity index (χ4n) is 2.23. The monoisotopic (exact) mass is 337 g/mol. The fraction of sp³-hybridized carbons (Fsp3) is 0.647. The molecule has 134 valence electrons. The Morgan fingerprint density at radius 1 is 1.12 bits per heavy atom. The van der Waals surface area contributed by atoms with Gasteiger partial charge in [-0.3, -0.25) is 4.79 Å². The summed E-state index contributed by atoms with van der Waals surface area (Å²) in [5.41, 5.74) is 0.354. The van der Waals surface area contributed by atoms with Crippen LogP contribution in [-0.4, -0.2) is 48.2 Å². The maximum atomic E-state index is 12.1. The van der Waals surface area contributed by atoms with Gasteiger partial charge in [0.05, 0.1) is 13.2 Å². The molecule has 0 saturated carbocycles. The number of carbonyl (C=O) groups is 2. The average Bonchev–Trinajstić information content (AvgIpc) is 2.58. The first-order valence-electron chi connectivity index (χ1n) is 8.50. The van der Waals surface area contributed by atoms with Crippen molar-refractivity contribution in [1.29, 1.82) is 0 Å². The Bertz CT molecular complexity index is 549. The second-order valence-corrected chi connectivity index (χ2v) is 5.09. The summed E-state index contributed by atoms with van der Waals surface area (Å²) < 4.78 is 10.0. The lowest BCUT2D eigenvalue weighted by atomic mass is 10.2. The summed E-state index contributed by atoms with van der Waals surface area (Å²) in [5.74, 6) is 0.587. The van der Waals surface area contributed by atoms with E-state index in [1.165, 1.54) is 6.20 Å². The van der Waals surface area contributed by atoms with Gasteiger partial charge in [-0.05, 0) is 27.2 Å². The summed E-state index contributed by atoms with van der Waals surface area (Å²) in [6.07, 6.45) is 3.16. The summed E-state index contributed by atoms with van der Waals surface area (Å²) in [5, 5.41) is 0. The van der Waals surface area contributed by atoms with Crippen LogP contribution < -0.4 is 4.90 Å². The van der Waals surface area contributed by atoms with E-state index >= 15 is 0 Å². The van der Waals surface area contributed by atoms with E-state index in [1.54, 1.807) is 13.8 Å². The third kappa shape index (κ3) is 5.79. The zero-order valence-electron chi connectivity index (χ0n) is 15.0. The zero-order valence-corrected chi connectivity index (χ0v) is 15.0. The van der Waals surface area contributed by atoms with E-state index in [9.17, 15) is 9.59 Å². The number of aryl methyl sites for hydroxylation is 1. The minimum absolute atomic E-state index is 0.212. The van der Waals surface area contributed by atoms with Crippen molar-refractivity contribution in [3.05, 3.63) is 17.6 Å². The molecule has 0 saturated heterocycles. The summed E-state index contributed by atoms with van der Waals surface area (Å²) in [4.78, 5) is 34.3. The molecule has 0 spiro atoms. The quantitative estimate of drug-likeness (QED) is 0.606. The summed E-state index contributed by atoms with van der Waals surface area (Å²) in [6.45, 7) is 9.42. The van der Waals surface area contributed by atoms with Crippen LogP contribution in [0.25, 0.3) is 0 Å². The van der Waals surface area contributed by atoms with E-state index in [0.717, 1.165) is 0 Å². The molecule has 1 aromatic heterocycles. The van der Waals surface area contributed by atoms with Gasteiger partial charge in [-0.2, -0.15) is 0 Å². The largest absolute Gasteiger partial charge is 0.466 e. The molecule has 0 bridgehead atoms. The molecular formula is C17H27N3O4. The molecule has 0 fully saturated rings. The van der Waals surface area contributed by atoms with Crippen LogP contribution in [0.15, 0.2) is 6.20 Å². The highest BCUT2D eigenvalue weighted by molar-refractivity contribution is 5.94. The molecule has 1 rings (SSSR count). The molecule has 1 heterocycles. The smallest absolute Gasteiger partial charge is 0.343 e. The zero-order chi connectivity index (χ0) is 17.9. The highest BCUT2D eigenvalue weighted by Gasteiger charge is 2.20. The van der Waals surface area contributed by atoms with Crippen LogP contribution in [0.3, 0.4) is 0 Å². The van der Waals surface area contributed by atoms with Gasteiger partial charge in [-0.15, -0.1) is 0 Å². The Kier molecular flexibility index (Phi) is 8.75. The summed E-state index contributed by atoms with van der Waals surface area (Å²) in [6, 6.07) is 0. The standard InChI is InChI=1S/C17H27N3O4/c1-5-14-18-12-13(17(22)24-8-4)16(19-14)20(6-2)11-9-10-15(21)23-7-3/h12H,5-11H2,1-4H3. The highest BCUT2D eigenvalue weighted by Crippen LogP contribution is 2.19. The Labute approximate surface area is 143 Å². The third-order valence-electron chi connectivity index (χ3n) is 3.43. The highest BCUT2D eigenvalue weighted by atomic mass is 16.5.